The van der Waals surface area contributed by atoms with Gasteiger partial charge in [-0.3, -0.25) is 4.72 Å². The van der Waals surface area contributed by atoms with E-state index < -0.39 is 10.0 Å². The third-order valence-electron chi connectivity index (χ3n) is 3.57. The second kappa shape index (κ2) is 6.42. The fraction of sp³-hybridized carbons (Fsp3) is 0.294. The highest BCUT2D eigenvalue weighted by molar-refractivity contribution is 9.10. The Bertz CT molecular complexity index is 798. The summed E-state index contributed by atoms with van der Waals surface area (Å²) in [5.74, 6) is 0.241. The van der Waals surface area contributed by atoms with Crippen LogP contribution in [0.1, 0.15) is 36.5 Å². The molecule has 0 saturated carbocycles. The first-order chi connectivity index (χ1) is 10.2. The molecule has 0 bridgehead atoms. The van der Waals surface area contributed by atoms with Gasteiger partial charge in [-0.15, -0.1) is 0 Å². The van der Waals surface area contributed by atoms with Crippen LogP contribution in [0.5, 0.6) is 0 Å². The molecular formula is C17H20BrNO2S. The lowest BCUT2D eigenvalue weighted by molar-refractivity contribution is 0.600. The van der Waals surface area contributed by atoms with Crippen LogP contribution in [-0.4, -0.2) is 8.42 Å². The predicted octanol–water partition coefficient (Wildman–Crippen LogP) is 4.99. The number of para-hydroxylation sites is 1. The molecule has 2 rings (SSSR count). The molecule has 0 saturated heterocycles. The average Bonchev–Trinajstić information content (AvgIpc) is 2.42. The summed E-state index contributed by atoms with van der Waals surface area (Å²) in [4.78, 5) is 0.295. The topological polar surface area (TPSA) is 46.2 Å². The van der Waals surface area contributed by atoms with Gasteiger partial charge in [-0.1, -0.05) is 54.0 Å². The van der Waals surface area contributed by atoms with E-state index in [1.807, 2.05) is 52.0 Å². The molecule has 0 aliphatic heterocycles. The van der Waals surface area contributed by atoms with Gasteiger partial charge in [0.2, 0.25) is 0 Å². The maximum absolute atomic E-state index is 12.7. The Morgan fingerprint density at radius 2 is 1.68 bits per heavy atom. The smallest absolute Gasteiger partial charge is 0.262 e. The molecule has 0 aliphatic carbocycles. The maximum atomic E-state index is 12.7. The van der Waals surface area contributed by atoms with Crippen LogP contribution in [0, 0.1) is 13.8 Å². The minimum atomic E-state index is -3.62. The molecule has 0 radical (unpaired) electrons. The number of anilines is 1. The number of hydrogen-bond donors (Lipinski definition) is 1. The average molecular weight is 382 g/mol. The van der Waals surface area contributed by atoms with Crippen molar-refractivity contribution in [2.45, 2.75) is 38.5 Å². The van der Waals surface area contributed by atoms with Gasteiger partial charge in [-0.25, -0.2) is 8.42 Å². The van der Waals surface area contributed by atoms with E-state index in [0.717, 1.165) is 21.2 Å². The highest BCUT2D eigenvalue weighted by Gasteiger charge is 2.20. The minimum Gasteiger partial charge on any atom is -0.279 e. The van der Waals surface area contributed by atoms with Crippen molar-refractivity contribution in [2.24, 2.45) is 0 Å². The Kier molecular flexibility index (Phi) is 4.97. The molecule has 118 valence electrons. The molecule has 0 aromatic heterocycles. The highest BCUT2D eigenvalue weighted by Crippen LogP contribution is 2.29. The molecule has 0 amide bonds. The highest BCUT2D eigenvalue weighted by atomic mass is 79.9. The summed E-state index contributed by atoms with van der Waals surface area (Å²) in [5, 5.41) is 0. The van der Waals surface area contributed by atoms with E-state index >= 15 is 0 Å². The SMILES string of the molecule is Cc1cc(C)c(S(=O)(=O)Nc2ccccc2C(C)C)cc1Br. The maximum Gasteiger partial charge on any atom is 0.262 e. The summed E-state index contributed by atoms with van der Waals surface area (Å²) in [6.07, 6.45) is 0. The fourth-order valence-corrected chi connectivity index (χ4v) is 4.23. The summed E-state index contributed by atoms with van der Waals surface area (Å²) >= 11 is 3.40. The molecule has 22 heavy (non-hydrogen) atoms. The van der Waals surface area contributed by atoms with Gasteiger partial charge in [0.15, 0.2) is 0 Å². The number of hydrogen-bond acceptors (Lipinski definition) is 2. The molecule has 0 fully saturated rings. The van der Waals surface area contributed by atoms with Gasteiger partial charge in [0.25, 0.3) is 10.0 Å². The number of nitrogens with one attached hydrogen (secondary N) is 1. The Balaban J connectivity index is 2.47. The molecular weight excluding hydrogens is 362 g/mol. The quantitative estimate of drug-likeness (QED) is 0.810. The third kappa shape index (κ3) is 3.52. The second-order valence-electron chi connectivity index (χ2n) is 5.71. The summed E-state index contributed by atoms with van der Waals surface area (Å²) in [6, 6.07) is 11.0. The summed E-state index contributed by atoms with van der Waals surface area (Å²) in [7, 11) is -3.62. The van der Waals surface area contributed by atoms with Crippen LogP contribution >= 0.6 is 15.9 Å². The largest absolute Gasteiger partial charge is 0.279 e. The monoisotopic (exact) mass is 381 g/mol. The molecule has 0 spiro atoms. The van der Waals surface area contributed by atoms with Crippen LogP contribution in [0.4, 0.5) is 5.69 Å². The van der Waals surface area contributed by atoms with E-state index in [4.69, 9.17) is 0 Å². The lowest BCUT2D eigenvalue weighted by Crippen LogP contribution is -2.16. The Labute approximate surface area is 140 Å². The van der Waals surface area contributed by atoms with Crippen LogP contribution in [0.25, 0.3) is 0 Å². The summed E-state index contributed by atoms with van der Waals surface area (Å²) < 4.78 is 29.0. The van der Waals surface area contributed by atoms with Crippen molar-refractivity contribution in [3.05, 3.63) is 57.6 Å². The van der Waals surface area contributed by atoms with Crippen molar-refractivity contribution in [3.63, 3.8) is 0 Å². The van der Waals surface area contributed by atoms with Crippen molar-refractivity contribution in [3.8, 4) is 0 Å². The molecule has 0 atom stereocenters. The van der Waals surface area contributed by atoms with Gasteiger partial charge < -0.3 is 0 Å². The van der Waals surface area contributed by atoms with Crippen molar-refractivity contribution in [1.82, 2.24) is 0 Å². The zero-order chi connectivity index (χ0) is 16.5. The number of halogens is 1. The number of benzene rings is 2. The van der Waals surface area contributed by atoms with E-state index in [-0.39, 0.29) is 5.92 Å². The van der Waals surface area contributed by atoms with Gasteiger partial charge >= 0.3 is 0 Å². The first kappa shape index (κ1) is 17.0. The zero-order valence-electron chi connectivity index (χ0n) is 13.1. The van der Waals surface area contributed by atoms with E-state index in [9.17, 15) is 8.42 Å². The molecule has 0 aliphatic rings. The van der Waals surface area contributed by atoms with Crippen LogP contribution < -0.4 is 4.72 Å². The second-order valence-corrected chi connectivity index (χ2v) is 8.22. The van der Waals surface area contributed by atoms with E-state index in [1.54, 1.807) is 12.1 Å². The van der Waals surface area contributed by atoms with Crippen molar-refractivity contribution in [2.75, 3.05) is 4.72 Å². The number of aryl methyl sites for hydroxylation is 2. The normalized spacial score (nSPS) is 11.7. The molecule has 2 aromatic carbocycles. The van der Waals surface area contributed by atoms with E-state index in [0.29, 0.717) is 10.6 Å². The lowest BCUT2D eigenvalue weighted by Gasteiger charge is -2.16. The fourth-order valence-electron chi connectivity index (χ4n) is 2.39. The lowest BCUT2D eigenvalue weighted by atomic mass is 10.0. The van der Waals surface area contributed by atoms with Gasteiger partial charge in [-0.2, -0.15) is 0 Å². The van der Waals surface area contributed by atoms with Gasteiger partial charge in [-0.05, 0) is 48.6 Å². The van der Waals surface area contributed by atoms with Crippen molar-refractivity contribution in [1.29, 1.82) is 0 Å². The molecule has 0 heterocycles. The first-order valence-corrected chi connectivity index (χ1v) is 9.38. The molecule has 3 nitrogen and oxygen atoms in total. The van der Waals surface area contributed by atoms with Crippen LogP contribution in [0.2, 0.25) is 0 Å². The van der Waals surface area contributed by atoms with Crippen LogP contribution in [0.15, 0.2) is 45.8 Å². The Morgan fingerprint density at radius 3 is 2.32 bits per heavy atom. The van der Waals surface area contributed by atoms with Crippen LogP contribution in [-0.2, 0) is 10.0 Å². The van der Waals surface area contributed by atoms with Gasteiger partial charge in [0.05, 0.1) is 10.6 Å². The van der Waals surface area contributed by atoms with Gasteiger partial charge in [0.1, 0.15) is 0 Å². The number of sulfonamides is 1. The molecule has 0 unspecified atom stereocenters. The Hall–Kier alpha value is -1.33. The number of rotatable bonds is 4. The van der Waals surface area contributed by atoms with Crippen molar-refractivity contribution >= 4 is 31.6 Å². The van der Waals surface area contributed by atoms with E-state index in [2.05, 4.69) is 20.7 Å². The molecule has 2 aromatic rings. The van der Waals surface area contributed by atoms with Crippen LogP contribution in [0.3, 0.4) is 0 Å². The Morgan fingerprint density at radius 1 is 1.05 bits per heavy atom. The molecule has 5 heteroatoms. The minimum absolute atomic E-state index is 0.241. The standard InChI is InChI=1S/C17H20BrNO2S/c1-11(2)14-7-5-6-8-16(14)19-22(20,21)17-10-15(18)12(3)9-13(17)4/h5-11,19H,1-4H3. The third-order valence-corrected chi connectivity index (χ3v) is 5.93. The van der Waals surface area contributed by atoms with Crippen molar-refractivity contribution < 1.29 is 8.42 Å². The summed E-state index contributed by atoms with van der Waals surface area (Å²) in [6.45, 7) is 7.83. The predicted molar refractivity (Wildman–Crippen MR) is 95.0 cm³/mol. The van der Waals surface area contributed by atoms with Gasteiger partial charge in [0, 0.05) is 4.47 Å². The first-order valence-electron chi connectivity index (χ1n) is 7.11. The zero-order valence-corrected chi connectivity index (χ0v) is 15.5. The molecule has 1 N–H and O–H groups in total. The summed E-state index contributed by atoms with van der Waals surface area (Å²) in [5.41, 5.74) is 3.36. The van der Waals surface area contributed by atoms with E-state index in [1.165, 1.54) is 0 Å².